The molecular formula is C21H11N3O2. The first-order chi connectivity index (χ1) is 12.8. The number of hydrogen-bond acceptors (Lipinski definition) is 5. The molecule has 2 aromatic heterocycles. The Bertz CT molecular complexity index is 1390. The fraction of sp³-hybridized carbons (Fsp3) is 0. The molecule has 1 N–H and O–H groups in total. The summed E-state index contributed by atoms with van der Waals surface area (Å²) >= 11 is 0. The van der Waals surface area contributed by atoms with E-state index < -0.39 is 0 Å². The monoisotopic (exact) mass is 337 g/mol. The number of aromatic nitrogens is 2. The van der Waals surface area contributed by atoms with Gasteiger partial charge in [-0.1, -0.05) is 42.5 Å². The summed E-state index contributed by atoms with van der Waals surface area (Å²) in [6, 6.07) is 19.6. The molecule has 26 heavy (non-hydrogen) atoms. The highest BCUT2D eigenvalue weighted by Crippen LogP contribution is 2.41. The van der Waals surface area contributed by atoms with E-state index in [9.17, 15) is 5.11 Å². The minimum absolute atomic E-state index is 0.209. The quantitative estimate of drug-likeness (QED) is 0.471. The van der Waals surface area contributed by atoms with Crippen LogP contribution in [0, 0.1) is 0 Å². The van der Waals surface area contributed by atoms with Crippen molar-refractivity contribution in [2.75, 3.05) is 0 Å². The van der Waals surface area contributed by atoms with Crippen LogP contribution in [-0.2, 0) is 0 Å². The Morgan fingerprint density at radius 3 is 2.42 bits per heavy atom. The molecule has 0 bridgehead atoms. The summed E-state index contributed by atoms with van der Waals surface area (Å²) in [7, 11) is 0. The fourth-order valence-electron chi connectivity index (χ4n) is 3.66. The molecule has 6 rings (SSSR count). The van der Waals surface area contributed by atoms with Crippen LogP contribution in [0.5, 0.6) is 5.95 Å². The van der Waals surface area contributed by atoms with E-state index in [0.717, 1.165) is 33.1 Å². The molecule has 3 heterocycles. The molecule has 0 saturated carbocycles. The predicted octanol–water partition coefficient (Wildman–Crippen LogP) is 4.72. The van der Waals surface area contributed by atoms with Gasteiger partial charge in [-0.2, -0.15) is 0 Å². The Morgan fingerprint density at radius 2 is 1.58 bits per heavy atom. The highest BCUT2D eigenvalue weighted by Gasteiger charge is 2.27. The summed E-state index contributed by atoms with van der Waals surface area (Å²) in [5, 5.41) is 12.7. The second-order valence-corrected chi connectivity index (χ2v) is 6.29. The van der Waals surface area contributed by atoms with Gasteiger partial charge in [-0.05, 0) is 23.6 Å². The minimum atomic E-state index is -0.209. The molecule has 0 spiro atoms. The second kappa shape index (κ2) is 4.67. The molecule has 0 saturated heterocycles. The summed E-state index contributed by atoms with van der Waals surface area (Å²) in [4.78, 5) is 13.9. The standard InChI is InChI=1S/C21H11N3O2/c25-21-17(19-20(26-21)24-14-9-2-1-8-13(14)22-19)18-12-7-3-5-11-6-4-10-15(23-18)16(11)12/h1-10,25H. The Kier molecular flexibility index (Phi) is 2.43. The smallest absolute Gasteiger partial charge is 0.295 e. The van der Waals surface area contributed by atoms with Crippen molar-refractivity contribution < 1.29 is 9.52 Å². The van der Waals surface area contributed by atoms with Crippen LogP contribution >= 0.6 is 0 Å². The van der Waals surface area contributed by atoms with E-state index in [1.807, 2.05) is 48.5 Å². The van der Waals surface area contributed by atoms with Crippen molar-refractivity contribution >= 4 is 44.4 Å². The molecule has 0 unspecified atom stereocenters. The van der Waals surface area contributed by atoms with Gasteiger partial charge < -0.3 is 9.52 Å². The highest BCUT2D eigenvalue weighted by atomic mass is 16.5. The van der Waals surface area contributed by atoms with Crippen LogP contribution in [0.15, 0.2) is 70.1 Å². The van der Waals surface area contributed by atoms with Crippen LogP contribution in [-0.4, -0.2) is 20.8 Å². The van der Waals surface area contributed by atoms with E-state index in [0.29, 0.717) is 22.5 Å². The molecule has 0 radical (unpaired) electrons. The number of hydrogen-bond donors (Lipinski definition) is 1. The lowest BCUT2D eigenvalue weighted by molar-refractivity contribution is 0.343. The topological polar surface area (TPSA) is 71.5 Å². The van der Waals surface area contributed by atoms with E-state index >= 15 is 0 Å². The van der Waals surface area contributed by atoms with Gasteiger partial charge in [0.25, 0.3) is 5.95 Å². The van der Waals surface area contributed by atoms with Crippen LogP contribution < -0.4 is 0 Å². The van der Waals surface area contributed by atoms with Crippen LogP contribution in [0.1, 0.15) is 11.1 Å². The average Bonchev–Trinajstić information content (AvgIpc) is 3.18. The van der Waals surface area contributed by atoms with E-state index in [1.165, 1.54) is 0 Å². The predicted molar refractivity (Wildman–Crippen MR) is 100 cm³/mol. The fourth-order valence-corrected chi connectivity index (χ4v) is 3.66. The Labute approximate surface area is 147 Å². The first-order valence-corrected chi connectivity index (χ1v) is 8.29. The van der Waals surface area contributed by atoms with Crippen LogP contribution in [0.3, 0.4) is 0 Å². The third-order valence-electron chi connectivity index (χ3n) is 4.79. The van der Waals surface area contributed by atoms with Gasteiger partial charge in [0.2, 0.25) is 5.71 Å². The lowest BCUT2D eigenvalue weighted by Crippen LogP contribution is -2.01. The minimum Gasteiger partial charge on any atom is -0.480 e. The van der Waals surface area contributed by atoms with Crippen molar-refractivity contribution in [3.63, 3.8) is 0 Å². The number of nitrogens with zero attached hydrogens (tertiary/aromatic N) is 3. The zero-order valence-electron chi connectivity index (χ0n) is 13.5. The molecule has 1 aliphatic heterocycles. The molecule has 0 fully saturated rings. The summed E-state index contributed by atoms with van der Waals surface area (Å²) in [5.41, 5.74) is 5.29. The zero-order valence-corrected chi connectivity index (χ0v) is 13.5. The van der Waals surface area contributed by atoms with Crippen molar-refractivity contribution in [3.05, 3.63) is 71.8 Å². The molecule has 1 aliphatic rings. The molecule has 3 aromatic carbocycles. The lowest BCUT2D eigenvalue weighted by Gasteiger charge is -2.03. The van der Waals surface area contributed by atoms with E-state index in [4.69, 9.17) is 9.41 Å². The molecule has 5 aromatic rings. The summed E-state index contributed by atoms with van der Waals surface area (Å²) in [6.07, 6.45) is 0. The Balaban J connectivity index is 1.70. The number of fused-ring (bicyclic) bond motifs is 2. The van der Waals surface area contributed by atoms with Crippen LogP contribution in [0.25, 0.3) is 33.0 Å². The van der Waals surface area contributed by atoms with Gasteiger partial charge in [-0.25, -0.2) is 15.0 Å². The lowest BCUT2D eigenvalue weighted by atomic mass is 9.99. The molecule has 5 heteroatoms. The maximum absolute atomic E-state index is 10.5. The Morgan fingerprint density at radius 1 is 0.808 bits per heavy atom. The van der Waals surface area contributed by atoms with Crippen molar-refractivity contribution in [2.24, 2.45) is 4.99 Å². The Hall–Kier alpha value is -3.73. The first-order valence-electron chi connectivity index (χ1n) is 8.29. The zero-order chi connectivity index (χ0) is 17.3. The van der Waals surface area contributed by atoms with Gasteiger partial charge in [-0.15, -0.1) is 0 Å². The summed E-state index contributed by atoms with van der Waals surface area (Å²) in [6.45, 7) is 0. The van der Waals surface area contributed by atoms with E-state index in [1.54, 1.807) is 0 Å². The molecule has 0 aliphatic carbocycles. The SMILES string of the molecule is Oc1oc2nc3ccccc3nc2c1C1=Nc2cccc3cccc1c23. The number of aromatic hydroxyl groups is 1. The molecule has 0 amide bonds. The third-order valence-corrected chi connectivity index (χ3v) is 4.79. The number of benzene rings is 3. The average molecular weight is 337 g/mol. The van der Waals surface area contributed by atoms with Crippen molar-refractivity contribution in [3.8, 4) is 5.95 Å². The van der Waals surface area contributed by atoms with Crippen molar-refractivity contribution in [1.29, 1.82) is 0 Å². The van der Waals surface area contributed by atoms with Crippen LogP contribution in [0.4, 0.5) is 5.69 Å². The van der Waals surface area contributed by atoms with Gasteiger partial charge in [0.1, 0.15) is 11.1 Å². The van der Waals surface area contributed by atoms with E-state index in [2.05, 4.69) is 22.1 Å². The normalized spacial score (nSPS) is 13.0. The maximum atomic E-state index is 10.5. The van der Waals surface area contributed by atoms with Gasteiger partial charge in [0.15, 0.2) is 0 Å². The molecular weight excluding hydrogens is 326 g/mol. The van der Waals surface area contributed by atoms with Crippen molar-refractivity contribution in [1.82, 2.24) is 9.97 Å². The third kappa shape index (κ3) is 1.66. The number of para-hydroxylation sites is 2. The van der Waals surface area contributed by atoms with E-state index in [-0.39, 0.29) is 5.95 Å². The van der Waals surface area contributed by atoms with Gasteiger partial charge >= 0.3 is 0 Å². The van der Waals surface area contributed by atoms with Crippen LogP contribution in [0.2, 0.25) is 0 Å². The summed E-state index contributed by atoms with van der Waals surface area (Å²) in [5.74, 6) is -0.209. The molecule has 0 atom stereocenters. The molecule has 122 valence electrons. The number of furan rings is 1. The molecule has 5 nitrogen and oxygen atoms in total. The second-order valence-electron chi connectivity index (χ2n) is 6.29. The highest BCUT2D eigenvalue weighted by molar-refractivity contribution is 6.29. The van der Waals surface area contributed by atoms with Crippen molar-refractivity contribution in [2.45, 2.75) is 0 Å². The largest absolute Gasteiger partial charge is 0.480 e. The number of rotatable bonds is 1. The van der Waals surface area contributed by atoms with Gasteiger partial charge in [-0.3, -0.25) is 0 Å². The van der Waals surface area contributed by atoms with Gasteiger partial charge in [0.05, 0.1) is 22.4 Å². The van der Waals surface area contributed by atoms with Gasteiger partial charge in [0, 0.05) is 10.9 Å². The summed E-state index contributed by atoms with van der Waals surface area (Å²) < 4.78 is 5.52. The maximum Gasteiger partial charge on any atom is 0.295 e. The first kappa shape index (κ1) is 13.5. The number of aliphatic imine (C=N–C) groups is 1.